The predicted molar refractivity (Wildman–Crippen MR) is 57.2 cm³/mol. The van der Waals surface area contributed by atoms with Gasteiger partial charge < -0.3 is 5.73 Å². The average Bonchev–Trinajstić information content (AvgIpc) is 2.09. The van der Waals surface area contributed by atoms with Crippen molar-refractivity contribution in [2.45, 2.75) is 6.42 Å². The van der Waals surface area contributed by atoms with Crippen molar-refractivity contribution in [3.8, 4) is 0 Å². The maximum Gasteiger partial charge on any atom is 0.165 e. The molecular weight excluding hydrogens is 253 g/mol. The molecule has 0 radical (unpaired) electrons. The molecule has 2 nitrogen and oxygen atoms in total. The Balaban J connectivity index is 2.99. The highest BCUT2D eigenvalue weighted by atomic mass is 79.9. The molecule has 13 heavy (non-hydrogen) atoms. The summed E-state index contributed by atoms with van der Waals surface area (Å²) in [5.41, 5.74) is 5.81. The first-order chi connectivity index (χ1) is 6.15. The van der Waals surface area contributed by atoms with Crippen LogP contribution in [0.25, 0.3) is 0 Å². The van der Waals surface area contributed by atoms with Crippen molar-refractivity contribution in [1.82, 2.24) is 0 Å². The molecule has 0 atom stereocenters. The number of Topliss-reactive ketones (excluding diaryl/α,β-unsaturated/α-hetero) is 1. The molecule has 0 fully saturated rings. The summed E-state index contributed by atoms with van der Waals surface area (Å²) in [4.78, 5) is 11.4. The van der Waals surface area contributed by atoms with Crippen molar-refractivity contribution < 1.29 is 4.79 Å². The summed E-state index contributed by atoms with van der Waals surface area (Å²) in [6, 6.07) is 5.19. The molecule has 1 rings (SSSR count). The minimum atomic E-state index is -0.0196. The van der Waals surface area contributed by atoms with E-state index in [1.54, 1.807) is 18.2 Å². The van der Waals surface area contributed by atoms with Crippen molar-refractivity contribution in [1.29, 1.82) is 0 Å². The highest BCUT2D eigenvalue weighted by Crippen LogP contribution is 2.21. The van der Waals surface area contributed by atoms with E-state index in [9.17, 15) is 4.79 Å². The number of hydrogen-bond donors (Lipinski definition) is 1. The summed E-state index contributed by atoms with van der Waals surface area (Å²) in [5.74, 6) is -0.0196. The van der Waals surface area contributed by atoms with Crippen LogP contribution >= 0.6 is 27.5 Å². The van der Waals surface area contributed by atoms with Gasteiger partial charge in [-0.3, -0.25) is 4.79 Å². The summed E-state index contributed by atoms with van der Waals surface area (Å²) in [6.07, 6.45) is 0.330. The van der Waals surface area contributed by atoms with E-state index in [1.807, 2.05) is 0 Å². The normalized spacial score (nSPS) is 10.1. The Morgan fingerprint density at radius 1 is 1.54 bits per heavy atom. The molecule has 0 aliphatic rings. The Bertz CT molecular complexity index is 327. The quantitative estimate of drug-likeness (QED) is 0.851. The second-order valence-corrected chi connectivity index (χ2v) is 3.91. The Kier molecular flexibility index (Phi) is 3.90. The van der Waals surface area contributed by atoms with Crippen LogP contribution in [0.1, 0.15) is 16.8 Å². The molecule has 0 amide bonds. The van der Waals surface area contributed by atoms with Crippen molar-refractivity contribution in [3.63, 3.8) is 0 Å². The van der Waals surface area contributed by atoms with Crippen LogP contribution < -0.4 is 5.73 Å². The van der Waals surface area contributed by atoms with Gasteiger partial charge in [0.15, 0.2) is 5.78 Å². The van der Waals surface area contributed by atoms with E-state index < -0.39 is 0 Å². The Morgan fingerprint density at radius 2 is 2.23 bits per heavy atom. The van der Waals surface area contributed by atoms with Gasteiger partial charge in [0.2, 0.25) is 0 Å². The molecular formula is C9H9BrClNO. The lowest BCUT2D eigenvalue weighted by Crippen LogP contribution is -2.08. The molecule has 0 bridgehead atoms. The Labute approximate surface area is 90.2 Å². The summed E-state index contributed by atoms with van der Waals surface area (Å²) >= 11 is 9.12. The van der Waals surface area contributed by atoms with Gasteiger partial charge >= 0.3 is 0 Å². The van der Waals surface area contributed by atoms with Crippen LogP contribution in [-0.4, -0.2) is 12.3 Å². The average molecular weight is 263 g/mol. The van der Waals surface area contributed by atoms with E-state index in [2.05, 4.69) is 15.9 Å². The van der Waals surface area contributed by atoms with Crippen LogP contribution in [0.5, 0.6) is 0 Å². The molecule has 0 saturated carbocycles. The molecule has 4 heteroatoms. The zero-order valence-electron chi connectivity index (χ0n) is 6.89. The molecule has 0 aliphatic heterocycles. The minimum Gasteiger partial charge on any atom is -0.330 e. The Morgan fingerprint density at radius 3 is 2.85 bits per heavy atom. The van der Waals surface area contributed by atoms with Crippen molar-refractivity contribution in [3.05, 3.63) is 33.3 Å². The number of carbonyl (C=O) groups is 1. The SMILES string of the molecule is NCCC(=O)c1cc(Br)ccc1Cl. The summed E-state index contributed by atoms with van der Waals surface area (Å²) in [7, 11) is 0. The van der Waals surface area contributed by atoms with Gasteiger partial charge in [-0.2, -0.15) is 0 Å². The fraction of sp³-hybridized carbons (Fsp3) is 0.222. The first kappa shape index (κ1) is 10.7. The highest BCUT2D eigenvalue weighted by molar-refractivity contribution is 9.10. The zero-order valence-corrected chi connectivity index (χ0v) is 9.23. The Hall–Kier alpha value is -0.380. The van der Waals surface area contributed by atoms with Crippen molar-refractivity contribution in [2.24, 2.45) is 5.73 Å². The molecule has 2 N–H and O–H groups in total. The van der Waals surface area contributed by atoms with Crippen LogP contribution in [0.4, 0.5) is 0 Å². The third-order valence-electron chi connectivity index (χ3n) is 1.60. The molecule has 1 aromatic carbocycles. The number of rotatable bonds is 3. The number of benzene rings is 1. The van der Waals surface area contributed by atoms with Gasteiger partial charge in [-0.25, -0.2) is 0 Å². The zero-order chi connectivity index (χ0) is 9.84. The number of halogens is 2. The molecule has 0 heterocycles. The van der Waals surface area contributed by atoms with E-state index >= 15 is 0 Å². The lowest BCUT2D eigenvalue weighted by atomic mass is 10.1. The van der Waals surface area contributed by atoms with Crippen molar-refractivity contribution >= 4 is 33.3 Å². The van der Waals surface area contributed by atoms with E-state index in [1.165, 1.54) is 0 Å². The van der Waals surface area contributed by atoms with Crippen molar-refractivity contribution in [2.75, 3.05) is 6.54 Å². The largest absolute Gasteiger partial charge is 0.330 e. The summed E-state index contributed by atoms with van der Waals surface area (Å²) in [6.45, 7) is 0.349. The first-order valence-corrected chi connectivity index (χ1v) is 5.00. The maximum absolute atomic E-state index is 11.4. The highest BCUT2D eigenvalue weighted by Gasteiger charge is 2.09. The predicted octanol–water partition coefficient (Wildman–Crippen LogP) is 2.63. The summed E-state index contributed by atoms with van der Waals surface area (Å²) < 4.78 is 0.845. The number of carbonyl (C=O) groups excluding carboxylic acids is 1. The fourth-order valence-corrected chi connectivity index (χ4v) is 1.56. The van der Waals surface area contributed by atoms with Gasteiger partial charge in [0, 0.05) is 16.5 Å². The van der Waals surface area contributed by atoms with Gasteiger partial charge in [-0.15, -0.1) is 0 Å². The molecule has 0 spiro atoms. The van der Waals surface area contributed by atoms with Crippen LogP contribution in [0, 0.1) is 0 Å². The minimum absolute atomic E-state index is 0.0196. The third kappa shape index (κ3) is 2.79. The van der Waals surface area contributed by atoms with Gasteiger partial charge in [0.05, 0.1) is 5.02 Å². The van der Waals surface area contributed by atoms with Crippen LogP contribution in [0.3, 0.4) is 0 Å². The lowest BCUT2D eigenvalue weighted by Gasteiger charge is -2.02. The van der Waals surface area contributed by atoms with Gasteiger partial charge in [-0.1, -0.05) is 27.5 Å². The first-order valence-electron chi connectivity index (χ1n) is 3.83. The van der Waals surface area contributed by atoms with Gasteiger partial charge in [0.1, 0.15) is 0 Å². The van der Waals surface area contributed by atoms with Crippen LogP contribution in [0.15, 0.2) is 22.7 Å². The van der Waals surface area contributed by atoms with Crippen LogP contribution in [0.2, 0.25) is 5.02 Å². The van der Waals surface area contributed by atoms with E-state index in [4.69, 9.17) is 17.3 Å². The smallest absolute Gasteiger partial charge is 0.165 e. The van der Waals surface area contributed by atoms with Gasteiger partial charge in [0.25, 0.3) is 0 Å². The molecule has 0 aromatic heterocycles. The monoisotopic (exact) mass is 261 g/mol. The molecule has 70 valence electrons. The maximum atomic E-state index is 11.4. The van der Waals surface area contributed by atoms with E-state index in [0.717, 1.165) is 4.47 Å². The molecule has 0 unspecified atom stereocenters. The van der Waals surface area contributed by atoms with Crippen LogP contribution in [-0.2, 0) is 0 Å². The standard InChI is InChI=1S/C9H9BrClNO/c10-6-1-2-8(11)7(5-6)9(13)3-4-12/h1-2,5H,3-4,12H2. The summed E-state index contributed by atoms with van der Waals surface area (Å²) in [5, 5.41) is 0.474. The van der Waals surface area contributed by atoms with E-state index in [-0.39, 0.29) is 5.78 Å². The van der Waals surface area contributed by atoms with Gasteiger partial charge in [-0.05, 0) is 24.7 Å². The number of hydrogen-bond acceptors (Lipinski definition) is 2. The molecule has 0 aliphatic carbocycles. The fourth-order valence-electron chi connectivity index (χ4n) is 0.977. The van der Waals surface area contributed by atoms with E-state index in [0.29, 0.717) is 23.6 Å². The molecule has 0 saturated heterocycles. The number of ketones is 1. The number of nitrogens with two attached hydrogens (primary N) is 1. The lowest BCUT2D eigenvalue weighted by molar-refractivity contribution is 0.0985. The molecule has 1 aromatic rings. The second kappa shape index (κ2) is 4.74. The third-order valence-corrected chi connectivity index (χ3v) is 2.42. The second-order valence-electron chi connectivity index (χ2n) is 2.59. The topological polar surface area (TPSA) is 43.1 Å².